The number of nitrogens with zero attached hydrogens (tertiary/aromatic N) is 1. The number of benzene rings is 1. The first kappa shape index (κ1) is 11.7. The highest BCUT2D eigenvalue weighted by Crippen LogP contribution is 2.15. The summed E-state index contributed by atoms with van der Waals surface area (Å²) in [5.41, 5.74) is 5.88. The van der Waals surface area contributed by atoms with E-state index in [-0.39, 0.29) is 12.0 Å². The zero-order valence-electron chi connectivity index (χ0n) is 7.71. The van der Waals surface area contributed by atoms with Crippen molar-refractivity contribution in [2.75, 3.05) is 0 Å². The summed E-state index contributed by atoms with van der Waals surface area (Å²) in [6.07, 6.45) is 0.276. The standard InChI is InChI=1S/C10H8BrFN2O/c11-9(10(14)15)4-6-1-2-8(12)3-7(6)5-13/h1-3,9H,4H2,(H2,14,15). The van der Waals surface area contributed by atoms with E-state index in [0.29, 0.717) is 5.56 Å². The van der Waals surface area contributed by atoms with E-state index in [1.807, 2.05) is 6.07 Å². The number of nitriles is 1. The molecule has 5 heteroatoms. The Bertz CT molecular complexity index is 428. The smallest absolute Gasteiger partial charge is 0.231 e. The molecule has 0 saturated heterocycles. The van der Waals surface area contributed by atoms with Crippen LogP contribution in [0.2, 0.25) is 0 Å². The summed E-state index contributed by atoms with van der Waals surface area (Å²) in [5, 5.41) is 8.75. The van der Waals surface area contributed by atoms with Gasteiger partial charge in [0.15, 0.2) is 0 Å². The summed E-state index contributed by atoms with van der Waals surface area (Å²) in [6.45, 7) is 0. The number of hydrogen-bond acceptors (Lipinski definition) is 2. The number of hydrogen-bond donors (Lipinski definition) is 1. The Balaban J connectivity index is 2.96. The van der Waals surface area contributed by atoms with Crippen LogP contribution in [0.25, 0.3) is 0 Å². The zero-order valence-corrected chi connectivity index (χ0v) is 9.29. The third kappa shape index (κ3) is 3.03. The summed E-state index contributed by atoms with van der Waals surface area (Å²) >= 11 is 3.08. The van der Waals surface area contributed by atoms with E-state index >= 15 is 0 Å². The highest BCUT2D eigenvalue weighted by Gasteiger charge is 2.14. The summed E-state index contributed by atoms with van der Waals surface area (Å²) in [5.74, 6) is -0.983. The van der Waals surface area contributed by atoms with Crippen molar-refractivity contribution in [3.05, 3.63) is 35.1 Å². The largest absolute Gasteiger partial charge is 0.369 e. The molecule has 0 saturated carbocycles. The molecule has 0 aliphatic heterocycles. The first-order chi connectivity index (χ1) is 7.04. The Morgan fingerprint density at radius 1 is 1.67 bits per heavy atom. The molecule has 15 heavy (non-hydrogen) atoms. The normalized spacial score (nSPS) is 11.8. The van der Waals surface area contributed by atoms with Crippen molar-refractivity contribution in [1.29, 1.82) is 5.26 Å². The molecule has 1 aromatic rings. The fourth-order valence-corrected chi connectivity index (χ4v) is 1.47. The molecular formula is C10H8BrFN2O. The molecule has 3 nitrogen and oxygen atoms in total. The van der Waals surface area contributed by atoms with Gasteiger partial charge in [-0.15, -0.1) is 0 Å². The molecule has 0 heterocycles. The topological polar surface area (TPSA) is 66.9 Å². The van der Waals surface area contributed by atoms with E-state index in [1.54, 1.807) is 0 Å². The van der Waals surface area contributed by atoms with Crippen LogP contribution in [-0.2, 0) is 11.2 Å². The van der Waals surface area contributed by atoms with Gasteiger partial charge in [-0.05, 0) is 24.1 Å². The molecule has 0 bridgehead atoms. The van der Waals surface area contributed by atoms with Crippen LogP contribution in [0.3, 0.4) is 0 Å². The number of nitrogens with two attached hydrogens (primary N) is 1. The SMILES string of the molecule is N#Cc1cc(F)ccc1CC(Br)C(N)=O. The molecule has 0 aliphatic rings. The average molecular weight is 271 g/mol. The summed E-state index contributed by atoms with van der Waals surface area (Å²) < 4.78 is 12.8. The monoisotopic (exact) mass is 270 g/mol. The van der Waals surface area contributed by atoms with Crippen LogP contribution >= 0.6 is 15.9 Å². The molecular weight excluding hydrogens is 263 g/mol. The van der Waals surface area contributed by atoms with Crippen molar-refractivity contribution in [2.45, 2.75) is 11.2 Å². The van der Waals surface area contributed by atoms with E-state index in [2.05, 4.69) is 15.9 Å². The minimum atomic E-state index is -0.546. The van der Waals surface area contributed by atoms with E-state index in [1.165, 1.54) is 12.1 Å². The molecule has 1 unspecified atom stereocenters. The minimum Gasteiger partial charge on any atom is -0.369 e. The molecule has 1 atom stereocenters. The van der Waals surface area contributed by atoms with Gasteiger partial charge in [-0.2, -0.15) is 5.26 Å². The summed E-state index contributed by atoms with van der Waals surface area (Å²) in [4.78, 5) is 10.2. The number of alkyl halides is 1. The summed E-state index contributed by atoms with van der Waals surface area (Å²) in [7, 11) is 0. The van der Waals surface area contributed by atoms with Crippen LogP contribution in [-0.4, -0.2) is 10.7 Å². The Morgan fingerprint density at radius 2 is 2.33 bits per heavy atom. The van der Waals surface area contributed by atoms with Gasteiger partial charge in [0.1, 0.15) is 5.82 Å². The fraction of sp³-hybridized carbons (Fsp3) is 0.200. The maximum atomic E-state index is 12.8. The van der Waals surface area contributed by atoms with E-state index in [9.17, 15) is 9.18 Å². The van der Waals surface area contributed by atoms with Gasteiger partial charge in [-0.1, -0.05) is 22.0 Å². The predicted octanol–water partition coefficient (Wildman–Crippen LogP) is 1.49. The molecule has 0 aromatic heterocycles. The molecule has 1 rings (SSSR count). The van der Waals surface area contributed by atoms with Crippen LogP contribution in [0.15, 0.2) is 18.2 Å². The molecule has 0 radical (unpaired) electrons. The van der Waals surface area contributed by atoms with Gasteiger partial charge in [-0.3, -0.25) is 4.79 Å². The average Bonchev–Trinajstić information content (AvgIpc) is 2.20. The number of rotatable bonds is 3. The highest BCUT2D eigenvalue weighted by molar-refractivity contribution is 9.10. The van der Waals surface area contributed by atoms with Crippen LogP contribution in [0.4, 0.5) is 4.39 Å². The Kier molecular flexibility index (Phi) is 3.81. The molecule has 0 fully saturated rings. The molecule has 2 N–H and O–H groups in total. The first-order valence-electron chi connectivity index (χ1n) is 4.16. The second kappa shape index (κ2) is 4.89. The third-order valence-electron chi connectivity index (χ3n) is 1.90. The lowest BCUT2D eigenvalue weighted by molar-refractivity contribution is -0.117. The van der Waals surface area contributed by atoms with Gasteiger partial charge >= 0.3 is 0 Å². The number of halogens is 2. The van der Waals surface area contributed by atoms with Crippen LogP contribution in [0.5, 0.6) is 0 Å². The quantitative estimate of drug-likeness (QED) is 0.846. The fourth-order valence-electron chi connectivity index (χ4n) is 1.12. The van der Waals surface area contributed by atoms with Crippen molar-refractivity contribution in [2.24, 2.45) is 5.73 Å². The summed E-state index contributed by atoms with van der Waals surface area (Å²) in [6, 6.07) is 5.73. The van der Waals surface area contributed by atoms with Crippen molar-refractivity contribution < 1.29 is 9.18 Å². The van der Waals surface area contributed by atoms with Crippen molar-refractivity contribution >= 4 is 21.8 Å². The number of carbonyl (C=O) groups is 1. The number of amides is 1. The van der Waals surface area contributed by atoms with E-state index < -0.39 is 16.6 Å². The lowest BCUT2D eigenvalue weighted by atomic mass is 10.0. The van der Waals surface area contributed by atoms with Gasteiger partial charge in [0.05, 0.1) is 16.5 Å². The van der Waals surface area contributed by atoms with Gasteiger partial charge in [0.25, 0.3) is 0 Å². The number of primary amides is 1. The van der Waals surface area contributed by atoms with Gasteiger partial charge < -0.3 is 5.73 Å². The van der Waals surface area contributed by atoms with E-state index in [0.717, 1.165) is 6.07 Å². The number of carbonyl (C=O) groups excluding carboxylic acids is 1. The molecule has 0 spiro atoms. The maximum absolute atomic E-state index is 12.8. The molecule has 1 amide bonds. The maximum Gasteiger partial charge on any atom is 0.231 e. The zero-order chi connectivity index (χ0) is 11.4. The Hall–Kier alpha value is -1.41. The molecule has 78 valence electrons. The van der Waals surface area contributed by atoms with Crippen molar-refractivity contribution in [3.8, 4) is 6.07 Å². The van der Waals surface area contributed by atoms with Crippen LogP contribution in [0, 0.1) is 17.1 Å². The Labute approximate surface area is 94.8 Å². The third-order valence-corrected chi connectivity index (χ3v) is 2.68. The lowest BCUT2D eigenvalue weighted by Gasteiger charge is -2.07. The second-order valence-corrected chi connectivity index (χ2v) is 4.09. The van der Waals surface area contributed by atoms with E-state index in [4.69, 9.17) is 11.0 Å². The van der Waals surface area contributed by atoms with Gasteiger partial charge in [0, 0.05) is 0 Å². The Morgan fingerprint density at radius 3 is 2.87 bits per heavy atom. The molecule has 0 aliphatic carbocycles. The lowest BCUT2D eigenvalue weighted by Crippen LogP contribution is -2.25. The first-order valence-corrected chi connectivity index (χ1v) is 5.08. The van der Waals surface area contributed by atoms with Crippen molar-refractivity contribution in [3.63, 3.8) is 0 Å². The van der Waals surface area contributed by atoms with Crippen LogP contribution < -0.4 is 5.73 Å². The highest BCUT2D eigenvalue weighted by atomic mass is 79.9. The van der Waals surface area contributed by atoms with Crippen LogP contribution in [0.1, 0.15) is 11.1 Å². The van der Waals surface area contributed by atoms with Crippen molar-refractivity contribution in [1.82, 2.24) is 0 Å². The van der Waals surface area contributed by atoms with Gasteiger partial charge in [-0.25, -0.2) is 4.39 Å². The molecule has 1 aromatic carbocycles. The second-order valence-electron chi connectivity index (χ2n) is 2.99. The predicted molar refractivity (Wildman–Crippen MR) is 56.7 cm³/mol. The van der Waals surface area contributed by atoms with Gasteiger partial charge in [0.2, 0.25) is 5.91 Å². The minimum absolute atomic E-state index is 0.223.